The first-order chi connectivity index (χ1) is 7.08. The number of anilines is 1. The highest BCUT2D eigenvalue weighted by Crippen LogP contribution is 2.33. The Hall–Kier alpha value is -1.40. The van der Waals surface area contributed by atoms with Gasteiger partial charge in [-0.1, -0.05) is 11.6 Å². The summed E-state index contributed by atoms with van der Waals surface area (Å²) in [6.45, 7) is 1.88. The van der Waals surface area contributed by atoms with E-state index in [0.29, 0.717) is 15.7 Å². The maximum absolute atomic E-state index is 11.1. The number of thiophene rings is 1. The number of aromatic nitrogens is 3. The summed E-state index contributed by atoms with van der Waals surface area (Å²) in [4.78, 5) is 21.6. The van der Waals surface area contributed by atoms with E-state index in [-0.39, 0.29) is 5.95 Å². The van der Waals surface area contributed by atoms with Crippen LogP contribution in [0.2, 0.25) is 5.02 Å². The molecule has 15 heavy (non-hydrogen) atoms. The number of rotatable bonds is 1. The van der Waals surface area contributed by atoms with Gasteiger partial charge in [0.1, 0.15) is 0 Å². The van der Waals surface area contributed by atoms with Crippen molar-refractivity contribution in [1.29, 1.82) is 0 Å². The van der Waals surface area contributed by atoms with Gasteiger partial charge in [-0.3, -0.25) is 4.98 Å². The normalized spacial score (nSPS) is 10.5. The Morgan fingerprint density at radius 2 is 2.27 bits per heavy atom. The Morgan fingerprint density at radius 3 is 2.80 bits per heavy atom. The smallest absolute Gasteiger partial charge is 0.349 e. The predicted octanol–water partition coefficient (Wildman–Crippen LogP) is 1.44. The molecule has 0 spiro atoms. The maximum atomic E-state index is 11.1. The van der Waals surface area contributed by atoms with E-state index in [2.05, 4.69) is 15.0 Å². The second-order valence-corrected chi connectivity index (χ2v) is 4.18. The third kappa shape index (κ3) is 1.86. The Balaban J connectivity index is 2.64. The van der Waals surface area contributed by atoms with Gasteiger partial charge in [-0.15, -0.1) is 11.3 Å². The van der Waals surface area contributed by atoms with Crippen LogP contribution in [-0.4, -0.2) is 15.0 Å². The van der Waals surface area contributed by atoms with Crippen LogP contribution in [0.1, 0.15) is 5.56 Å². The van der Waals surface area contributed by atoms with Crippen molar-refractivity contribution >= 4 is 28.9 Å². The third-order valence-electron chi connectivity index (χ3n) is 1.78. The first-order valence-electron chi connectivity index (χ1n) is 4.05. The summed E-state index contributed by atoms with van der Waals surface area (Å²) in [6.07, 6.45) is 0. The van der Waals surface area contributed by atoms with Crippen molar-refractivity contribution in [3.63, 3.8) is 0 Å². The second-order valence-electron chi connectivity index (χ2n) is 2.92. The third-order valence-corrected chi connectivity index (χ3v) is 3.49. The minimum Gasteiger partial charge on any atom is -0.368 e. The highest BCUT2D eigenvalue weighted by molar-refractivity contribution is 7.14. The van der Waals surface area contributed by atoms with Gasteiger partial charge in [-0.25, -0.2) is 4.79 Å². The first-order valence-corrected chi connectivity index (χ1v) is 5.31. The van der Waals surface area contributed by atoms with Crippen LogP contribution >= 0.6 is 22.9 Å². The average Bonchev–Trinajstić information content (AvgIpc) is 2.46. The van der Waals surface area contributed by atoms with Gasteiger partial charge in [-0.2, -0.15) is 9.97 Å². The number of hydrogen-bond acceptors (Lipinski definition) is 5. The molecule has 0 radical (unpaired) electrons. The lowest BCUT2D eigenvalue weighted by molar-refractivity contribution is 1.01. The molecule has 3 N–H and O–H groups in total. The topological polar surface area (TPSA) is 84.7 Å². The van der Waals surface area contributed by atoms with E-state index in [4.69, 9.17) is 17.3 Å². The van der Waals surface area contributed by atoms with Crippen LogP contribution in [0.25, 0.3) is 10.7 Å². The fourth-order valence-electron chi connectivity index (χ4n) is 1.10. The van der Waals surface area contributed by atoms with Gasteiger partial charge in [-0.05, 0) is 17.9 Å². The molecule has 7 heteroatoms. The molecule has 0 aliphatic heterocycles. The molecular weight excluding hydrogens is 236 g/mol. The molecule has 5 nitrogen and oxygen atoms in total. The van der Waals surface area contributed by atoms with E-state index in [1.54, 1.807) is 0 Å². The molecule has 0 aromatic carbocycles. The van der Waals surface area contributed by atoms with Crippen molar-refractivity contribution in [2.75, 3.05) is 5.73 Å². The van der Waals surface area contributed by atoms with Crippen LogP contribution in [0.4, 0.5) is 5.95 Å². The van der Waals surface area contributed by atoms with Crippen molar-refractivity contribution < 1.29 is 0 Å². The SMILES string of the molecule is Cc1csc(-c2nc(N)nc(=O)[nH]2)c1Cl. The molecule has 0 aliphatic carbocycles. The summed E-state index contributed by atoms with van der Waals surface area (Å²) in [5.41, 5.74) is 5.78. The van der Waals surface area contributed by atoms with Gasteiger partial charge in [0.2, 0.25) is 5.95 Å². The summed E-state index contributed by atoms with van der Waals surface area (Å²) >= 11 is 7.43. The predicted molar refractivity (Wildman–Crippen MR) is 60.1 cm³/mol. The minimum atomic E-state index is -0.528. The molecule has 2 heterocycles. The highest BCUT2D eigenvalue weighted by Gasteiger charge is 2.11. The molecular formula is C8H7ClN4OS. The molecule has 2 aromatic rings. The van der Waals surface area contributed by atoms with Crippen LogP contribution in [-0.2, 0) is 0 Å². The summed E-state index contributed by atoms with van der Waals surface area (Å²) in [7, 11) is 0. The monoisotopic (exact) mass is 242 g/mol. The zero-order chi connectivity index (χ0) is 11.0. The van der Waals surface area contributed by atoms with Crippen LogP contribution in [0.3, 0.4) is 0 Å². The zero-order valence-corrected chi connectivity index (χ0v) is 9.32. The zero-order valence-electron chi connectivity index (χ0n) is 7.74. The van der Waals surface area contributed by atoms with E-state index in [9.17, 15) is 4.79 Å². The van der Waals surface area contributed by atoms with Crippen molar-refractivity contribution in [3.05, 3.63) is 26.5 Å². The van der Waals surface area contributed by atoms with Gasteiger partial charge < -0.3 is 5.73 Å². The van der Waals surface area contributed by atoms with Crippen molar-refractivity contribution in [3.8, 4) is 10.7 Å². The van der Waals surface area contributed by atoms with Crippen molar-refractivity contribution in [2.24, 2.45) is 0 Å². The number of nitrogens with two attached hydrogens (primary N) is 1. The number of aromatic amines is 1. The molecule has 0 unspecified atom stereocenters. The molecule has 78 valence electrons. The summed E-state index contributed by atoms with van der Waals surface area (Å²) in [6, 6.07) is 0. The Morgan fingerprint density at radius 1 is 1.53 bits per heavy atom. The van der Waals surface area contributed by atoms with Crippen molar-refractivity contribution in [2.45, 2.75) is 6.92 Å². The molecule has 0 amide bonds. The second kappa shape index (κ2) is 3.63. The van der Waals surface area contributed by atoms with Gasteiger partial charge >= 0.3 is 5.69 Å². The standard InChI is InChI=1S/C8H7ClN4OS/c1-3-2-15-5(4(3)9)6-11-7(10)13-8(14)12-6/h2H,1H3,(H3,10,11,12,13,14). The summed E-state index contributed by atoms with van der Waals surface area (Å²) in [5.74, 6) is 0.298. The molecule has 0 fully saturated rings. The van der Waals surface area contributed by atoms with Gasteiger partial charge in [0.25, 0.3) is 0 Å². The van der Waals surface area contributed by atoms with Crippen molar-refractivity contribution in [1.82, 2.24) is 15.0 Å². The number of nitrogens with one attached hydrogen (secondary N) is 1. The van der Waals surface area contributed by atoms with Crippen LogP contribution < -0.4 is 11.4 Å². The fourth-order valence-corrected chi connectivity index (χ4v) is 2.33. The Bertz CT molecular complexity index is 562. The van der Waals surface area contributed by atoms with E-state index in [0.717, 1.165) is 5.56 Å². The van der Waals surface area contributed by atoms with Gasteiger partial charge in [0.15, 0.2) is 5.82 Å². The fraction of sp³-hybridized carbons (Fsp3) is 0.125. The number of hydrogen-bond donors (Lipinski definition) is 2. The first kappa shape index (κ1) is 10.1. The number of halogens is 1. The number of nitrogen functional groups attached to an aromatic ring is 1. The summed E-state index contributed by atoms with van der Waals surface area (Å²) in [5, 5.41) is 2.46. The average molecular weight is 243 g/mol. The minimum absolute atomic E-state index is 0.0594. The Kier molecular flexibility index (Phi) is 2.45. The molecule has 2 aromatic heterocycles. The van der Waals surface area contributed by atoms with Gasteiger partial charge in [0, 0.05) is 0 Å². The van der Waals surface area contributed by atoms with Gasteiger partial charge in [0.05, 0.1) is 9.90 Å². The van der Waals surface area contributed by atoms with Crippen LogP contribution in [0.15, 0.2) is 10.2 Å². The lowest BCUT2D eigenvalue weighted by Crippen LogP contribution is -2.15. The molecule has 0 bridgehead atoms. The number of aryl methyl sites for hydroxylation is 1. The number of nitrogens with zero attached hydrogens (tertiary/aromatic N) is 2. The van der Waals surface area contributed by atoms with Crippen LogP contribution in [0, 0.1) is 6.92 Å². The molecule has 0 aliphatic rings. The quantitative estimate of drug-likeness (QED) is 0.792. The number of H-pyrrole nitrogens is 1. The highest BCUT2D eigenvalue weighted by atomic mass is 35.5. The lowest BCUT2D eigenvalue weighted by Gasteiger charge is -1.98. The molecule has 2 rings (SSSR count). The maximum Gasteiger partial charge on any atom is 0.349 e. The Labute approximate surface area is 94.0 Å². The van der Waals surface area contributed by atoms with Crippen LogP contribution in [0.5, 0.6) is 0 Å². The van der Waals surface area contributed by atoms with E-state index < -0.39 is 5.69 Å². The van der Waals surface area contributed by atoms with E-state index in [1.807, 2.05) is 12.3 Å². The molecule has 0 atom stereocenters. The largest absolute Gasteiger partial charge is 0.368 e. The van der Waals surface area contributed by atoms with E-state index in [1.165, 1.54) is 11.3 Å². The molecule has 0 saturated carbocycles. The van der Waals surface area contributed by atoms with E-state index >= 15 is 0 Å². The summed E-state index contributed by atoms with van der Waals surface area (Å²) < 4.78 is 0. The molecule has 0 saturated heterocycles. The lowest BCUT2D eigenvalue weighted by atomic mass is 10.3.